The molecular weight excluding hydrogens is 354 g/mol. The Bertz CT molecular complexity index is 803. The van der Waals surface area contributed by atoms with Crippen LogP contribution in [0.15, 0.2) is 36.4 Å². The maximum absolute atomic E-state index is 12.5. The summed E-state index contributed by atoms with van der Waals surface area (Å²) in [4.78, 5) is 14.3. The predicted octanol–water partition coefficient (Wildman–Crippen LogP) is 3.14. The number of nitrogens with one attached hydrogen (secondary N) is 2. The Hall–Kier alpha value is -2.54. The molecule has 1 fully saturated rings. The number of carbonyl (C=O) groups excluding carboxylic acids is 1. The van der Waals surface area contributed by atoms with Crippen LogP contribution in [0.3, 0.4) is 0 Å². The summed E-state index contributed by atoms with van der Waals surface area (Å²) in [6.45, 7) is 2.20. The third-order valence-electron chi connectivity index (χ3n) is 4.80. The minimum atomic E-state index is -0.286. The van der Waals surface area contributed by atoms with Crippen LogP contribution in [-0.2, 0) is 11.3 Å². The molecule has 1 saturated heterocycles. The number of carbonyl (C=O) groups is 1. The second-order valence-corrected chi connectivity index (χ2v) is 7.14. The third kappa shape index (κ3) is 3.53. The summed E-state index contributed by atoms with van der Waals surface area (Å²) in [5, 5.41) is 15.0. The SMILES string of the molecule is O=C(OCc1ccccc1)N1CCCC2(CNc3nnc(Cl)cc3N2)C1. The first-order valence-electron chi connectivity index (χ1n) is 8.64. The highest BCUT2D eigenvalue weighted by molar-refractivity contribution is 6.29. The maximum atomic E-state index is 12.5. The van der Waals surface area contributed by atoms with E-state index in [1.165, 1.54) is 0 Å². The molecule has 1 aromatic carbocycles. The van der Waals surface area contributed by atoms with E-state index in [0.717, 1.165) is 24.1 Å². The zero-order chi connectivity index (χ0) is 18.0. The lowest BCUT2D eigenvalue weighted by molar-refractivity contribution is 0.0777. The van der Waals surface area contributed by atoms with Gasteiger partial charge in [0.25, 0.3) is 0 Å². The van der Waals surface area contributed by atoms with E-state index in [-0.39, 0.29) is 18.2 Å². The standard InChI is InChI=1S/C18H20ClN5O2/c19-15-9-14-16(23-22-15)20-11-18(21-14)7-4-8-24(12-18)17(25)26-10-13-5-2-1-3-6-13/h1-3,5-6,9,21H,4,7-8,10-12H2,(H,20,23). The number of hydrogen-bond acceptors (Lipinski definition) is 6. The predicted molar refractivity (Wildman–Crippen MR) is 99.3 cm³/mol. The summed E-state index contributed by atoms with van der Waals surface area (Å²) >= 11 is 5.96. The van der Waals surface area contributed by atoms with Crippen LogP contribution in [0, 0.1) is 0 Å². The first kappa shape index (κ1) is 16.9. The van der Waals surface area contributed by atoms with E-state index in [1.54, 1.807) is 11.0 Å². The van der Waals surface area contributed by atoms with Gasteiger partial charge in [-0.05, 0) is 18.4 Å². The molecule has 3 heterocycles. The summed E-state index contributed by atoms with van der Waals surface area (Å²) in [5.74, 6) is 0.684. The Kier molecular flexibility index (Phi) is 4.55. The summed E-state index contributed by atoms with van der Waals surface area (Å²) < 4.78 is 5.49. The Labute approximate surface area is 156 Å². The maximum Gasteiger partial charge on any atom is 0.410 e. The Morgan fingerprint density at radius 2 is 2.15 bits per heavy atom. The van der Waals surface area contributed by atoms with Gasteiger partial charge < -0.3 is 20.3 Å². The minimum absolute atomic E-state index is 0.261. The molecule has 0 saturated carbocycles. The van der Waals surface area contributed by atoms with E-state index < -0.39 is 0 Å². The molecule has 0 bridgehead atoms. The Morgan fingerprint density at radius 1 is 1.31 bits per heavy atom. The molecule has 2 N–H and O–H groups in total. The number of rotatable bonds is 2. The molecule has 2 aliphatic heterocycles. The van der Waals surface area contributed by atoms with Crippen LogP contribution in [0.4, 0.5) is 16.3 Å². The number of piperidine rings is 1. The van der Waals surface area contributed by atoms with Crippen LogP contribution < -0.4 is 10.6 Å². The van der Waals surface area contributed by atoms with Gasteiger partial charge in [0, 0.05) is 25.7 Å². The second-order valence-electron chi connectivity index (χ2n) is 6.75. The molecule has 8 heteroatoms. The molecule has 2 aromatic rings. The molecule has 1 spiro atoms. The first-order valence-corrected chi connectivity index (χ1v) is 9.02. The number of benzene rings is 1. The van der Waals surface area contributed by atoms with Crippen molar-refractivity contribution >= 4 is 29.2 Å². The highest BCUT2D eigenvalue weighted by Crippen LogP contribution is 2.34. The van der Waals surface area contributed by atoms with Gasteiger partial charge >= 0.3 is 6.09 Å². The van der Waals surface area contributed by atoms with E-state index >= 15 is 0 Å². The number of hydrogen-bond donors (Lipinski definition) is 2. The van der Waals surface area contributed by atoms with Crippen molar-refractivity contribution in [2.24, 2.45) is 0 Å². The fourth-order valence-corrected chi connectivity index (χ4v) is 3.67. The van der Waals surface area contributed by atoms with Gasteiger partial charge in [-0.2, -0.15) is 0 Å². The Balaban J connectivity index is 1.42. The van der Waals surface area contributed by atoms with Gasteiger partial charge in [-0.15, -0.1) is 10.2 Å². The van der Waals surface area contributed by atoms with Crippen molar-refractivity contribution in [1.29, 1.82) is 0 Å². The van der Waals surface area contributed by atoms with Crippen molar-refractivity contribution in [2.75, 3.05) is 30.3 Å². The van der Waals surface area contributed by atoms with Gasteiger partial charge in [-0.3, -0.25) is 0 Å². The zero-order valence-corrected chi connectivity index (χ0v) is 15.0. The van der Waals surface area contributed by atoms with Crippen LogP contribution >= 0.6 is 11.6 Å². The molecule has 4 rings (SSSR count). The van der Waals surface area contributed by atoms with Crippen LogP contribution in [0.2, 0.25) is 5.15 Å². The quantitative estimate of drug-likeness (QED) is 0.841. The lowest BCUT2D eigenvalue weighted by atomic mass is 9.87. The highest BCUT2D eigenvalue weighted by atomic mass is 35.5. The molecule has 0 aliphatic carbocycles. The molecule has 1 aromatic heterocycles. The third-order valence-corrected chi connectivity index (χ3v) is 4.98. The molecule has 26 heavy (non-hydrogen) atoms. The monoisotopic (exact) mass is 373 g/mol. The molecular formula is C18H20ClN5O2. The molecule has 1 unspecified atom stereocenters. The Morgan fingerprint density at radius 3 is 3.00 bits per heavy atom. The van der Waals surface area contributed by atoms with E-state index in [0.29, 0.717) is 30.6 Å². The lowest BCUT2D eigenvalue weighted by Gasteiger charge is -2.46. The molecule has 1 atom stereocenters. The number of amides is 1. The van der Waals surface area contributed by atoms with Crippen LogP contribution in [0.25, 0.3) is 0 Å². The van der Waals surface area contributed by atoms with Crippen LogP contribution in [0.1, 0.15) is 18.4 Å². The normalized spacial score (nSPS) is 21.5. The first-order chi connectivity index (χ1) is 12.6. The van der Waals surface area contributed by atoms with Crippen molar-refractivity contribution in [2.45, 2.75) is 25.0 Å². The summed E-state index contributed by atoms with van der Waals surface area (Å²) in [5.41, 5.74) is 1.53. The van der Waals surface area contributed by atoms with E-state index in [9.17, 15) is 4.79 Å². The fraction of sp³-hybridized carbons (Fsp3) is 0.389. The van der Waals surface area contributed by atoms with Crippen molar-refractivity contribution in [3.05, 3.63) is 47.1 Å². The van der Waals surface area contributed by atoms with Crippen LogP contribution in [-0.4, -0.2) is 46.4 Å². The summed E-state index contributed by atoms with van der Waals surface area (Å²) in [6.07, 6.45) is 1.56. The summed E-state index contributed by atoms with van der Waals surface area (Å²) in [6, 6.07) is 11.4. The topological polar surface area (TPSA) is 79.4 Å². The number of fused-ring (bicyclic) bond motifs is 1. The van der Waals surface area contributed by atoms with Gasteiger partial charge in [0.05, 0.1) is 11.2 Å². The number of halogens is 1. The largest absolute Gasteiger partial charge is 0.445 e. The van der Waals surface area contributed by atoms with Gasteiger partial charge in [0.15, 0.2) is 11.0 Å². The summed E-state index contributed by atoms with van der Waals surface area (Å²) in [7, 11) is 0. The lowest BCUT2D eigenvalue weighted by Crippen LogP contribution is -2.59. The van der Waals surface area contributed by atoms with Crippen molar-refractivity contribution in [3.8, 4) is 0 Å². The number of aromatic nitrogens is 2. The van der Waals surface area contributed by atoms with Crippen molar-refractivity contribution < 1.29 is 9.53 Å². The molecule has 1 amide bonds. The minimum Gasteiger partial charge on any atom is -0.445 e. The number of anilines is 2. The zero-order valence-electron chi connectivity index (χ0n) is 14.2. The highest BCUT2D eigenvalue weighted by Gasteiger charge is 2.40. The smallest absolute Gasteiger partial charge is 0.410 e. The van der Waals surface area contributed by atoms with Crippen molar-refractivity contribution in [1.82, 2.24) is 15.1 Å². The van der Waals surface area contributed by atoms with Gasteiger partial charge in [0.2, 0.25) is 0 Å². The van der Waals surface area contributed by atoms with E-state index in [4.69, 9.17) is 16.3 Å². The molecule has 136 valence electrons. The van der Waals surface area contributed by atoms with Crippen molar-refractivity contribution in [3.63, 3.8) is 0 Å². The van der Waals surface area contributed by atoms with Crippen LogP contribution in [0.5, 0.6) is 0 Å². The molecule has 2 aliphatic rings. The molecule has 0 radical (unpaired) electrons. The van der Waals surface area contributed by atoms with E-state index in [1.807, 2.05) is 30.3 Å². The number of ether oxygens (including phenoxy) is 1. The average molecular weight is 374 g/mol. The average Bonchev–Trinajstić information content (AvgIpc) is 2.66. The van der Waals surface area contributed by atoms with Gasteiger partial charge in [-0.25, -0.2) is 4.79 Å². The van der Waals surface area contributed by atoms with Gasteiger partial charge in [0.1, 0.15) is 6.61 Å². The second kappa shape index (κ2) is 6.99. The van der Waals surface area contributed by atoms with Gasteiger partial charge in [-0.1, -0.05) is 41.9 Å². The van der Waals surface area contributed by atoms with E-state index in [2.05, 4.69) is 20.8 Å². The molecule has 7 nitrogen and oxygen atoms in total. The number of likely N-dealkylation sites (tertiary alicyclic amines) is 1. The fourth-order valence-electron chi connectivity index (χ4n) is 3.52. The number of nitrogens with zero attached hydrogens (tertiary/aromatic N) is 3.